The quantitative estimate of drug-likeness (QED) is 0.642. The summed E-state index contributed by atoms with van der Waals surface area (Å²) in [5, 5.41) is 0. The lowest BCUT2D eigenvalue weighted by atomic mass is 10.1. The fourth-order valence-corrected chi connectivity index (χ4v) is 2.43. The zero-order valence-electron chi connectivity index (χ0n) is 10.9. The summed E-state index contributed by atoms with van der Waals surface area (Å²) in [6, 6.07) is 4.96. The molecule has 0 aromatic heterocycles. The van der Waals surface area contributed by atoms with Gasteiger partial charge in [-0.1, -0.05) is 38.5 Å². The molecule has 96 valence electrons. The van der Waals surface area contributed by atoms with E-state index >= 15 is 0 Å². The first kappa shape index (κ1) is 14.5. The minimum atomic E-state index is -0.201. The largest absolute Gasteiger partial charge is 0.271 e. The SMILES string of the molecule is Cc1ccc(F)c(C(CSC(C)(C)C)NN)c1. The Morgan fingerprint density at radius 2 is 2.06 bits per heavy atom. The van der Waals surface area contributed by atoms with Crippen LogP contribution in [0.15, 0.2) is 18.2 Å². The molecular weight excluding hydrogens is 235 g/mol. The Hall–Kier alpha value is -0.580. The molecule has 17 heavy (non-hydrogen) atoms. The molecule has 0 spiro atoms. The monoisotopic (exact) mass is 256 g/mol. The molecule has 0 fully saturated rings. The Bertz CT molecular complexity index is 374. The van der Waals surface area contributed by atoms with Gasteiger partial charge in [0.15, 0.2) is 0 Å². The summed E-state index contributed by atoms with van der Waals surface area (Å²) in [5.41, 5.74) is 4.38. The third-order valence-corrected chi connectivity index (χ3v) is 3.78. The minimum absolute atomic E-state index is 0.148. The van der Waals surface area contributed by atoms with E-state index in [0.717, 1.165) is 11.3 Å². The highest BCUT2D eigenvalue weighted by Crippen LogP contribution is 2.29. The van der Waals surface area contributed by atoms with Crippen molar-refractivity contribution in [1.29, 1.82) is 0 Å². The van der Waals surface area contributed by atoms with Crippen LogP contribution in [0.4, 0.5) is 4.39 Å². The summed E-state index contributed by atoms with van der Waals surface area (Å²) < 4.78 is 13.9. The normalized spacial score (nSPS) is 13.8. The van der Waals surface area contributed by atoms with Crippen LogP contribution in [0, 0.1) is 12.7 Å². The molecule has 0 aliphatic heterocycles. The average Bonchev–Trinajstić information content (AvgIpc) is 2.22. The summed E-state index contributed by atoms with van der Waals surface area (Å²) in [4.78, 5) is 0. The smallest absolute Gasteiger partial charge is 0.128 e. The van der Waals surface area contributed by atoms with Gasteiger partial charge in [-0.25, -0.2) is 4.39 Å². The van der Waals surface area contributed by atoms with E-state index in [1.165, 1.54) is 6.07 Å². The van der Waals surface area contributed by atoms with Crippen LogP contribution in [-0.4, -0.2) is 10.5 Å². The second-order valence-electron chi connectivity index (χ2n) is 5.17. The van der Waals surface area contributed by atoms with Crippen molar-refractivity contribution in [3.63, 3.8) is 0 Å². The highest BCUT2D eigenvalue weighted by molar-refractivity contribution is 8.00. The Labute approximate surface area is 107 Å². The molecule has 1 rings (SSSR count). The predicted molar refractivity (Wildman–Crippen MR) is 73.4 cm³/mol. The van der Waals surface area contributed by atoms with Gasteiger partial charge in [-0.15, -0.1) is 0 Å². The van der Waals surface area contributed by atoms with Gasteiger partial charge in [-0.2, -0.15) is 11.8 Å². The standard InChI is InChI=1S/C13H21FN2S/c1-9-5-6-11(14)10(7-9)12(16-15)8-17-13(2,3)4/h5-7,12,16H,8,15H2,1-4H3. The third kappa shape index (κ3) is 4.66. The molecule has 1 aromatic carbocycles. The van der Waals surface area contributed by atoms with E-state index in [2.05, 4.69) is 26.2 Å². The van der Waals surface area contributed by atoms with Crippen molar-refractivity contribution < 1.29 is 4.39 Å². The van der Waals surface area contributed by atoms with Crippen LogP contribution < -0.4 is 11.3 Å². The van der Waals surface area contributed by atoms with Crippen LogP contribution in [0.3, 0.4) is 0 Å². The molecule has 0 radical (unpaired) electrons. The number of nitrogens with one attached hydrogen (secondary N) is 1. The molecule has 0 aliphatic carbocycles. The van der Waals surface area contributed by atoms with Crippen LogP contribution in [0.25, 0.3) is 0 Å². The fraction of sp³-hybridized carbons (Fsp3) is 0.538. The molecule has 1 aromatic rings. The van der Waals surface area contributed by atoms with Gasteiger partial charge in [-0.3, -0.25) is 11.3 Å². The van der Waals surface area contributed by atoms with E-state index in [1.54, 1.807) is 17.8 Å². The number of halogens is 1. The van der Waals surface area contributed by atoms with Crippen molar-refractivity contribution in [1.82, 2.24) is 5.43 Å². The average molecular weight is 256 g/mol. The van der Waals surface area contributed by atoms with Gasteiger partial charge in [0.1, 0.15) is 5.82 Å². The van der Waals surface area contributed by atoms with E-state index in [0.29, 0.717) is 5.56 Å². The number of hydrogen-bond acceptors (Lipinski definition) is 3. The molecule has 3 N–H and O–H groups in total. The summed E-state index contributed by atoms with van der Waals surface area (Å²) >= 11 is 1.77. The van der Waals surface area contributed by atoms with Gasteiger partial charge in [0, 0.05) is 16.1 Å². The maximum absolute atomic E-state index is 13.7. The summed E-state index contributed by atoms with van der Waals surface area (Å²) in [5.74, 6) is 6.07. The number of benzene rings is 1. The van der Waals surface area contributed by atoms with Gasteiger partial charge in [0.05, 0.1) is 6.04 Å². The van der Waals surface area contributed by atoms with Crippen molar-refractivity contribution in [2.45, 2.75) is 38.5 Å². The number of thioether (sulfide) groups is 1. The van der Waals surface area contributed by atoms with Crippen LogP contribution in [0.1, 0.15) is 37.9 Å². The molecule has 0 bridgehead atoms. The highest BCUT2D eigenvalue weighted by atomic mass is 32.2. The van der Waals surface area contributed by atoms with Crippen molar-refractivity contribution in [3.05, 3.63) is 35.1 Å². The lowest BCUT2D eigenvalue weighted by Crippen LogP contribution is -2.31. The zero-order chi connectivity index (χ0) is 13.1. The van der Waals surface area contributed by atoms with Crippen molar-refractivity contribution in [2.24, 2.45) is 5.84 Å². The van der Waals surface area contributed by atoms with Gasteiger partial charge < -0.3 is 0 Å². The van der Waals surface area contributed by atoms with Crippen LogP contribution in [0.2, 0.25) is 0 Å². The molecule has 0 amide bonds. The van der Waals surface area contributed by atoms with Crippen molar-refractivity contribution in [2.75, 3.05) is 5.75 Å². The van der Waals surface area contributed by atoms with Crippen molar-refractivity contribution >= 4 is 11.8 Å². The Morgan fingerprint density at radius 3 is 2.59 bits per heavy atom. The van der Waals surface area contributed by atoms with Gasteiger partial charge in [0.25, 0.3) is 0 Å². The first-order valence-electron chi connectivity index (χ1n) is 5.69. The summed E-state index contributed by atoms with van der Waals surface area (Å²) in [6.07, 6.45) is 0. The van der Waals surface area contributed by atoms with E-state index in [1.807, 2.05) is 13.0 Å². The third-order valence-electron chi connectivity index (χ3n) is 2.41. The number of hydrogen-bond donors (Lipinski definition) is 2. The molecule has 4 heteroatoms. The second kappa shape index (κ2) is 5.85. The van der Waals surface area contributed by atoms with Crippen LogP contribution in [0.5, 0.6) is 0 Å². The first-order valence-corrected chi connectivity index (χ1v) is 6.68. The van der Waals surface area contributed by atoms with E-state index in [4.69, 9.17) is 5.84 Å². The molecule has 0 saturated carbocycles. The first-order chi connectivity index (χ1) is 7.83. The molecule has 0 saturated heterocycles. The Balaban J connectivity index is 2.82. The maximum atomic E-state index is 13.7. The molecule has 0 aliphatic rings. The van der Waals surface area contributed by atoms with Gasteiger partial charge >= 0.3 is 0 Å². The number of hydrazine groups is 1. The van der Waals surface area contributed by atoms with Gasteiger partial charge in [0.2, 0.25) is 0 Å². The van der Waals surface area contributed by atoms with Gasteiger partial charge in [-0.05, 0) is 13.0 Å². The molecule has 0 heterocycles. The Morgan fingerprint density at radius 1 is 1.41 bits per heavy atom. The van der Waals surface area contributed by atoms with Crippen molar-refractivity contribution in [3.8, 4) is 0 Å². The zero-order valence-corrected chi connectivity index (χ0v) is 11.7. The predicted octanol–water partition coefficient (Wildman–Crippen LogP) is 3.17. The van der Waals surface area contributed by atoms with E-state index in [9.17, 15) is 4.39 Å². The number of aryl methyl sites for hydroxylation is 1. The second-order valence-corrected chi connectivity index (χ2v) is 7.01. The molecular formula is C13H21FN2S. The summed E-state index contributed by atoms with van der Waals surface area (Å²) in [7, 11) is 0. The fourth-order valence-electron chi connectivity index (χ4n) is 1.49. The highest BCUT2D eigenvalue weighted by Gasteiger charge is 2.18. The lowest BCUT2D eigenvalue weighted by Gasteiger charge is -2.23. The minimum Gasteiger partial charge on any atom is -0.271 e. The Kier molecular flexibility index (Phi) is 4.98. The topological polar surface area (TPSA) is 38.0 Å². The maximum Gasteiger partial charge on any atom is 0.128 e. The number of nitrogens with two attached hydrogens (primary N) is 1. The summed E-state index contributed by atoms with van der Waals surface area (Å²) in [6.45, 7) is 8.36. The molecule has 2 nitrogen and oxygen atoms in total. The van der Waals surface area contributed by atoms with Crippen LogP contribution in [-0.2, 0) is 0 Å². The van der Waals surface area contributed by atoms with E-state index in [-0.39, 0.29) is 16.6 Å². The van der Waals surface area contributed by atoms with Crippen LogP contribution >= 0.6 is 11.8 Å². The van der Waals surface area contributed by atoms with E-state index < -0.39 is 0 Å². The molecule has 1 unspecified atom stereocenters. The number of rotatable bonds is 4. The lowest BCUT2D eigenvalue weighted by molar-refractivity contribution is 0.545. The molecule has 1 atom stereocenters.